The molecule has 0 aromatic carbocycles. The van der Waals surface area contributed by atoms with Crippen LogP contribution >= 0.6 is 11.8 Å². The first-order chi connectivity index (χ1) is 15.3. The molecular formula is C24H42N6OS. The number of nitrogens with zero attached hydrogens (tertiary/aromatic N) is 2. The number of thioether (sulfide) groups is 1. The van der Waals surface area contributed by atoms with Gasteiger partial charge in [0.2, 0.25) is 0 Å². The minimum atomic E-state index is -0.0982. The van der Waals surface area contributed by atoms with Crippen LogP contribution in [0.5, 0.6) is 0 Å². The topological polar surface area (TPSA) is 82.6 Å². The highest BCUT2D eigenvalue weighted by Crippen LogP contribution is 2.18. The SMILES string of the molecule is CCSC(C)/C(=C\C(=N/CNNC1CCCCO1)NC(C)(C)C)NCc1ncccc1C. The smallest absolute Gasteiger partial charge is 0.124 e. The molecule has 1 aromatic heterocycles. The van der Waals surface area contributed by atoms with Crippen LogP contribution in [0.4, 0.5) is 0 Å². The second-order valence-corrected chi connectivity index (χ2v) is 10.7. The maximum atomic E-state index is 5.70. The number of ether oxygens (including phenoxy) is 1. The van der Waals surface area contributed by atoms with Crippen LogP contribution in [0, 0.1) is 6.92 Å². The normalized spacial score (nSPS) is 19.0. The summed E-state index contributed by atoms with van der Waals surface area (Å²) in [5.74, 6) is 1.90. The van der Waals surface area contributed by atoms with E-state index < -0.39 is 0 Å². The highest BCUT2D eigenvalue weighted by atomic mass is 32.2. The third-order valence-electron chi connectivity index (χ3n) is 5.00. The third kappa shape index (κ3) is 10.3. The monoisotopic (exact) mass is 462 g/mol. The van der Waals surface area contributed by atoms with Crippen molar-refractivity contribution in [1.82, 2.24) is 26.5 Å². The molecule has 1 aliphatic heterocycles. The van der Waals surface area contributed by atoms with E-state index in [4.69, 9.17) is 9.73 Å². The van der Waals surface area contributed by atoms with E-state index >= 15 is 0 Å². The van der Waals surface area contributed by atoms with Gasteiger partial charge in [0.05, 0.1) is 12.2 Å². The summed E-state index contributed by atoms with van der Waals surface area (Å²) in [6, 6.07) is 4.07. The maximum Gasteiger partial charge on any atom is 0.124 e. The lowest BCUT2D eigenvalue weighted by Gasteiger charge is -2.25. The van der Waals surface area contributed by atoms with Crippen molar-refractivity contribution >= 4 is 17.6 Å². The number of aliphatic imine (C=N–C) groups is 1. The van der Waals surface area contributed by atoms with Crippen LogP contribution < -0.4 is 21.5 Å². The molecule has 1 fully saturated rings. The molecule has 2 atom stereocenters. The molecule has 8 heteroatoms. The highest BCUT2D eigenvalue weighted by molar-refractivity contribution is 8.00. The number of nitrogens with one attached hydrogen (secondary N) is 4. The zero-order valence-electron chi connectivity index (χ0n) is 20.6. The molecule has 2 unspecified atom stereocenters. The van der Waals surface area contributed by atoms with Crippen LogP contribution in [0.2, 0.25) is 0 Å². The summed E-state index contributed by atoms with van der Waals surface area (Å²) in [5.41, 5.74) is 9.73. The second kappa shape index (κ2) is 13.8. The summed E-state index contributed by atoms with van der Waals surface area (Å²) < 4.78 is 5.70. The van der Waals surface area contributed by atoms with E-state index in [9.17, 15) is 0 Å². The van der Waals surface area contributed by atoms with Gasteiger partial charge in [-0.3, -0.25) is 9.98 Å². The van der Waals surface area contributed by atoms with Gasteiger partial charge < -0.3 is 15.4 Å². The number of amidine groups is 1. The lowest BCUT2D eigenvalue weighted by molar-refractivity contribution is -0.0139. The maximum absolute atomic E-state index is 5.70. The predicted molar refractivity (Wildman–Crippen MR) is 137 cm³/mol. The summed E-state index contributed by atoms with van der Waals surface area (Å²) in [6.45, 7) is 14.9. The zero-order valence-corrected chi connectivity index (χ0v) is 21.4. The number of hydrogen-bond donors (Lipinski definition) is 4. The molecule has 0 saturated carbocycles. The minimum absolute atomic E-state index is 0.0633. The van der Waals surface area contributed by atoms with Crippen molar-refractivity contribution in [3.63, 3.8) is 0 Å². The molecule has 7 nitrogen and oxygen atoms in total. The summed E-state index contributed by atoms with van der Waals surface area (Å²) in [5, 5.41) is 7.48. The molecule has 1 saturated heterocycles. The average molecular weight is 463 g/mol. The van der Waals surface area contributed by atoms with E-state index in [2.05, 4.69) is 80.2 Å². The van der Waals surface area contributed by atoms with E-state index in [0.29, 0.717) is 18.5 Å². The van der Waals surface area contributed by atoms with Gasteiger partial charge in [-0.1, -0.05) is 13.0 Å². The Hall–Kier alpha value is -1.61. The number of pyridine rings is 1. The summed E-state index contributed by atoms with van der Waals surface area (Å²) in [4.78, 5) is 9.31. The first kappa shape index (κ1) is 26.6. The van der Waals surface area contributed by atoms with E-state index in [1.165, 1.54) is 12.0 Å². The van der Waals surface area contributed by atoms with Gasteiger partial charge in [-0.15, -0.1) is 0 Å². The molecule has 2 heterocycles. The molecule has 1 aromatic rings. The standard InChI is InChI=1S/C24H42N6OS/c1-7-32-19(3)20(26-16-21-18(2)11-10-13-25-21)15-22(29-24(4,5)6)27-17-28-30-23-12-8-9-14-31-23/h10-11,13,15,19,23,26,28,30H,7-9,12,14,16-17H2,1-6H3,(H,27,29)/b20-15+. The Bertz CT molecular complexity index is 740. The molecule has 0 amide bonds. The molecule has 0 bridgehead atoms. The first-order valence-electron chi connectivity index (χ1n) is 11.7. The summed E-state index contributed by atoms with van der Waals surface area (Å²) in [6.07, 6.45) is 7.41. The van der Waals surface area contributed by atoms with E-state index in [0.717, 1.165) is 42.4 Å². The Balaban J connectivity index is 2.11. The van der Waals surface area contributed by atoms with E-state index in [-0.39, 0.29) is 11.8 Å². The Morgan fingerprint density at radius 3 is 2.84 bits per heavy atom. The van der Waals surface area contributed by atoms with Gasteiger partial charge in [-0.25, -0.2) is 10.9 Å². The van der Waals surface area contributed by atoms with E-state index in [1.807, 2.05) is 24.0 Å². The molecule has 180 valence electrons. The molecule has 32 heavy (non-hydrogen) atoms. The van der Waals surface area contributed by atoms with Crippen LogP contribution in [0.25, 0.3) is 0 Å². The van der Waals surface area contributed by atoms with Crippen LogP contribution in [0.15, 0.2) is 35.1 Å². The first-order valence-corrected chi connectivity index (χ1v) is 12.7. The van der Waals surface area contributed by atoms with Crippen molar-refractivity contribution in [2.45, 2.75) is 84.4 Å². The third-order valence-corrected chi connectivity index (χ3v) is 6.09. The Morgan fingerprint density at radius 1 is 1.38 bits per heavy atom. The fraction of sp³-hybridized carbons (Fsp3) is 0.667. The Kier molecular flexibility index (Phi) is 11.5. The molecule has 1 aliphatic rings. The van der Waals surface area contributed by atoms with Crippen LogP contribution in [0.3, 0.4) is 0 Å². The number of aromatic nitrogens is 1. The van der Waals surface area contributed by atoms with Crippen molar-refractivity contribution in [3.05, 3.63) is 41.4 Å². The van der Waals surface area contributed by atoms with Crippen LogP contribution in [0.1, 0.15) is 65.1 Å². The highest BCUT2D eigenvalue weighted by Gasteiger charge is 2.16. The van der Waals surface area contributed by atoms with Gasteiger partial charge >= 0.3 is 0 Å². The number of rotatable bonds is 11. The van der Waals surface area contributed by atoms with Gasteiger partial charge in [0.25, 0.3) is 0 Å². The van der Waals surface area contributed by atoms with Gasteiger partial charge in [-0.05, 0) is 71.3 Å². The van der Waals surface area contributed by atoms with Gasteiger partial charge in [0, 0.05) is 35.4 Å². The lowest BCUT2D eigenvalue weighted by atomic mass is 10.1. The number of hydrazine groups is 1. The zero-order chi connectivity index (χ0) is 23.4. The second-order valence-electron chi connectivity index (χ2n) is 9.07. The number of aryl methyl sites for hydroxylation is 1. The van der Waals surface area contributed by atoms with Crippen molar-refractivity contribution in [2.24, 2.45) is 4.99 Å². The molecule has 0 spiro atoms. The van der Waals surface area contributed by atoms with Gasteiger partial charge in [0.1, 0.15) is 18.7 Å². The summed E-state index contributed by atoms with van der Waals surface area (Å²) >= 11 is 1.91. The largest absolute Gasteiger partial charge is 0.382 e. The van der Waals surface area contributed by atoms with Crippen LogP contribution in [-0.4, -0.2) is 46.9 Å². The Morgan fingerprint density at radius 2 is 2.19 bits per heavy atom. The van der Waals surface area contributed by atoms with Crippen molar-refractivity contribution < 1.29 is 4.74 Å². The number of hydrogen-bond acceptors (Lipinski definition) is 7. The molecule has 4 N–H and O–H groups in total. The Labute approximate surface area is 198 Å². The van der Waals surface area contributed by atoms with Crippen molar-refractivity contribution in [3.8, 4) is 0 Å². The predicted octanol–water partition coefficient (Wildman–Crippen LogP) is 3.87. The lowest BCUT2D eigenvalue weighted by Crippen LogP contribution is -2.45. The van der Waals surface area contributed by atoms with Crippen molar-refractivity contribution in [2.75, 3.05) is 19.0 Å². The molecule has 0 aliphatic carbocycles. The molecular weight excluding hydrogens is 420 g/mol. The summed E-state index contributed by atoms with van der Waals surface area (Å²) in [7, 11) is 0. The average Bonchev–Trinajstić information content (AvgIpc) is 2.75. The van der Waals surface area contributed by atoms with Gasteiger partial charge in [-0.2, -0.15) is 11.8 Å². The van der Waals surface area contributed by atoms with Crippen molar-refractivity contribution in [1.29, 1.82) is 0 Å². The van der Waals surface area contributed by atoms with Gasteiger partial charge in [0.15, 0.2) is 0 Å². The van der Waals surface area contributed by atoms with Crippen LogP contribution in [-0.2, 0) is 11.3 Å². The molecule has 0 radical (unpaired) electrons. The fourth-order valence-corrected chi connectivity index (χ4v) is 4.16. The quantitative estimate of drug-likeness (QED) is 0.172. The van der Waals surface area contributed by atoms with E-state index in [1.54, 1.807) is 0 Å². The molecule has 2 rings (SSSR count). The minimum Gasteiger partial charge on any atom is -0.382 e. The fourth-order valence-electron chi connectivity index (χ4n) is 3.33.